The summed E-state index contributed by atoms with van der Waals surface area (Å²) in [6.45, 7) is 0. The van der Waals surface area contributed by atoms with Gasteiger partial charge in [0.15, 0.2) is 0 Å². The van der Waals surface area contributed by atoms with E-state index in [2.05, 4.69) is 4.72 Å². The van der Waals surface area contributed by atoms with E-state index in [-0.39, 0.29) is 0 Å². The van der Waals surface area contributed by atoms with Crippen molar-refractivity contribution >= 4 is 11.9 Å². The molecule has 0 radical (unpaired) electrons. The van der Waals surface area contributed by atoms with Crippen LogP contribution in [0.3, 0.4) is 0 Å². The van der Waals surface area contributed by atoms with Crippen molar-refractivity contribution in [1.29, 1.82) is 0 Å². The van der Waals surface area contributed by atoms with Crippen LogP contribution >= 0.6 is 11.9 Å². The van der Waals surface area contributed by atoms with Gasteiger partial charge in [-0.05, 0) is 31.1 Å². The minimum Gasteiger partial charge on any atom is -0.507 e. The summed E-state index contributed by atoms with van der Waals surface area (Å²) in [6, 6.07) is 7.21. The van der Waals surface area contributed by atoms with E-state index in [1.54, 1.807) is 12.1 Å². The van der Waals surface area contributed by atoms with Crippen molar-refractivity contribution in [3.63, 3.8) is 0 Å². The Hall–Kier alpha value is -0.670. The lowest BCUT2D eigenvalue weighted by molar-refractivity contribution is 0.462. The number of phenols is 1. The summed E-state index contributed by atoms with van der Waals surface area (Å²) in [5.74, 6) is 0.321. The number of hydrogen-bond donors (Lipinski definition) is 2. The molecular weight excluding hydrogens is 146 g/mol. The third kappa shape index (κ3) is 1.65. The number of phenolic OH excluding ortho intramolecular Hbond substituents is 1. The van der Waals surface area contributed by atoms with E-state index in [1.807, 2.05) is 19.2 Å². The van der Waals surface area contributed by atoms with Crippen LogP contribution in [0.1, 0.15) is 0 Å². The molecular formula is C7H9NOS. The highest BCUT2D eigenvalue weighted by molar-refractivity contribution is 7.97. The van der Waals surface area contributed by atoms with Crippen molar-refractivity contribution in [2.75, 3.05) is 7.05 Å². The van der Waals surface area contributed by atoms with Gasteiger partial charge in [-0.2, -0.15) is 0 Å². The summed E-state index contributed by atoms with van der Waals surface area (Å²) in [4.78, 5) is 0.852. The molecule has 1 aromatic carbocycles. The monoisotopic (exact) mass is 155 g/mol. The van der Waals surface area contributed by atoms with Gasteiger partial charge in [0.05, 0.1) is 4.90 Å². The highest BCUT2D eigenvalue weighted by Gasteiger charge is 1.96. The molecule has 0 saturated heterocycles. The molecule has 0 amide bonds. The second-order valence-corrected chi connectivity index (χ2v) is 2.83. The largest absolute Gasteiger partial charge is 0.507 e. The SMILES string of the molecule is CNSc1ccccc1O. The number of aromatic hydroxyl groups is 1. The lowest BCUT2D eigenvalue weighted by Gasteiger charge is -1.99. The van der Waals surface area contributed by atoms with Gasteiger partial charge >= 0.3 is 0 Å². The predicted octanol–water partition coefficient (Wildman–Crippen LogP) is 1.62. The van der Waals surface area contributed by atoms with E-state index in [4.69, 9.17) is 0 Å². The summed E-state index contributed by atoms with van der Waals surface area (Å²) in [6.07, 6.45) is 0. The van der Waals surface area contributed by atoms with Crippen molar-refractivity contribution in [3.8, 4) is 5.75 Å². The van der Waals surface area contributed by atoms with Crippen LogP contribution in [0.25, 0.3) is 0 Å². The summed E-state index contributed by atoms with van der Waals surface area (Å²) >= 11 is 1.40. The van der Waals surface area contributed by atoms with E-state index < -0.39 is 0 Å². The van der Waals surface area contributed by atoms with E-state index in [9.17, 15) is 5.11 Å². The molecule has 0 aliphatic heterocycles. The molecule has 0 spiro atoms. The Balaban J connectivity index is 2.81. The van der Waals surface area contributed by atoms with E-state index in [0.717, 1.165) is 4.90 Å². The normalized spacial score (nSPS) is 9.70. The second-order valence-electron chi connectivity index (χ2n) is 1.77. The zero-order valence-electron chi connectivity index (χ0n) is 5.66. The number of benzene rings is 1. The van der Waals surface area contributed by atoms with E-state index in [0.29, 0.717) is 5.75 Å². The fraction of sp³-hybridized carbons (Fsp3) is 0.143. The summed E-state index contributed by atoms with van der Waals surface area (Å²) in [5.41, 5.74) is 0. The molecule has 10 heavy (non-hydrogen) atoms. The van der Waals surface area contributed by atoms with Crippen molar-refractivity contribution in [2.45, 2.75) is 4.90 Å². The van der Waals surface area contributed by atoms with Crippen molar-refractivity contribution < 1.29 is 5.11 Å². The molecule has 0 aliphatic carbocycles. The summed E-state index contributed by atoms with van der Waals surface area (Å²) < 4.78 is 2.88. The highest BCUT2D eigenvalue weighted by atomic mass is 32.2. The number of nitrogens with one attached hydrogen (secondary N) is 1. The van der Waals surface area contributed by atoms with Crippen LogP contribution in [-0.4, -0.2) is 12.2 Å². The topological polar surface area (TPSA) is 32.3 Å². The minimum absolute atomic E-state index is 0.321. The lowest BCUT2D eigenvalue weighted by atomic mass is 10.3. The maximum atomic E-state index is 9.18. The summed E-state index contributed by atoms with van der Waals surface area (Å²) in [7, 11) is 1.82. The fourth-order valence-electron chi connectivity index (χ4n) is 0.653. The van der Waals surface area contributed by atoms with Gasteiger partial charge in [-0.1, -0.05) is 12.1 Å². The molecule has 2 N–H and O–H groups in total. The molecule has 0 heterocycles. The molecule has 0 fully saturated rings. The maximum Gasteiger partial charge on any atom is 0.130 e. The second kappa shape index (κ2) is 3.49. The van der Waals surface area contributed by atoms with Gasteiger partial charge in [0.2, 0.25) is 0 Å². The number of para-hydroxylation sites is 1. The van der Waals surface area contributed by atoms with Gasteiger partial charge in [0, 0.05) is 0 Å². The van der Waals surface area contributed by atoms with Gasteiger partial charge in [0.25, 0.3) is 0 Å². The standard InChI is InChI=1S/C7H9NOS/c1-8-10-7-5-3-2-4-6(7)9/h2-5,8-9H,1H3. The van der Waals surface area contributed by atoms with Crippen LogP contribution in [0.15, 0.2) is 29.2 Å². The first-order valence-corrected chi connectivity index (χ1v) is 3.78. The van der Waals surface area contributed by atoms with Crippen LogP contribution in [0.5, 0.6) is 5.75 Å². The molecule has 1 rings (SSSR count). The van der Waals surface area contributed by atoms with Crippen LogP contribution in [0.4, 0.5) is 0 Å². The third-order valence-corrected chi connectivity index (χ3v) is 1.85. The quantitative estimate of drug-likeness (QED) is 0.636. The number of hydrogen-bond acceptors (Lipinski definition) is 3. The Labute approximate surface area is 64.4 Å². The van der Waals surface area contributed by atoms with Crippen molar-refractivity contribution in [2.24, 2.45) is 0 Å². The average Bonchev–Trinajstić information content (AvgIpc) is 1.94. The molecule has 0 bridgehead atoms. The van der Waals surface area contributed by atoms with Gasteiger partial charge in [-0.3, -0.25) is 4.72 Å². The lowest BCUT2D eigenvalue weighted by Crippen LogP contribution is -1.89. The smallest absolute Gasteiger partial charge is 0.130 e. The highest BCUT2D eigenvalue weighted by Crippen LogP contribution is 2.24. The zero-order valence-corrected chi connectivity index (χ0v) is 6.48. The average molecular weight is 155 g/mol. The maximum absolute atomic E-state index is 9.18. The Morgan fingerprint density at radius 1 is 1.40 bits per heavy atom. The number of rotatable bonds is 2. The van der Waals surface area contributed by atoms with Crippen LogP contribution in [0, 0.1) is 0 Å². The van der Waals surface area contributed by atoms with Gasteiger partial charge in [0.1, 0.15) is 5.75 Å². The van der Waals surface area contributed by atoms with Gasteiger partial charge < -0.3 is 5.11 Å². The van der Waals surface area contributed by atoms with Gasteiger partial charge in [-0.15, -0.1) is 0 Å². The van der Waals surface area contributed by atoms with E-state index >= 15 is 0 Å². The first kappa shape index (κ1) is 7.44. The van der Waals surface area contributed by atoms with Crippen molar-refractivity contribution in [1.82, 2.24) is 4.72 Å². The van der Waals surface area contributed by atoms with E-state index in [1.165, 1.54) is 11.9 Å². The zero-order chi connectivity index (χ0) is 7.40. The molecule has 54 valence electrons. The Morgan fingerprint density at radius 2 is 2.10 bits per heavy atom. The third-order valence-electron chi connectivity index (χ3n) is 1.08. The fourth-order valence-corrected chi connectivity index (χ4v) is 1.19. The first-order valence-electron chi connectivity index (χ1n) is 2.96. The van der Waals surface area contributed by atoms with Crippen LogP contribution < -0.4 is 4.72 Å². The molecule has 3 heteroatoms. The van der Waals surface area contributed by atoms with Gasteiger partial charge in [-0.25, -0.2) is 0 Å². The molecule has 0 unspecified atom stereocenters. The van der Waals surface area contributed by atoms with Crippen LogP contribution in [0.2, 0.25) is 0 Å². The Morgan fingerprint density at radius 3 is 2.70 bits per heavy atom. The Kier molecular flexibility index (Phi) is 2.59. The summed E-state index contributed by atoms with van der Waals surface area (Å²) in [5, 5.41) is 9.18. The Bertz CT molecular complexity index is 215. The molecule has 1 aromatic rings. The van der Waals surface area contributed by atoms with Crippen molar-refractivity contribution in [3.05, 3.63) is 24.3 Å². The molecule has 2 nitrogen and oxygen atoms in total. The minimum atomic E-state index is 0.321. The molecule has 0 atom stereocenters. The molecule has 0 aliphatic rings. The predicted molar refractivity (Wildman–Crippen MR) is 43.0 cm³/mol. The first-order chi connectivity index (χ1) is 4.84. The van der Waals surface area contributed by atoms with Crippen LogP contribution in [-0.2, 0) is 0 Å². The molecule has 0 saturated carbocycles. The molecule has 0 aromatic heterocycles.